The number of anilines is 1. The Hall–Kier alpha value is -1.78. The third-order valence-electron chi connectivity index (χ3n) is 3.22. The number of amides is 1. The summed E-state index contributed by atoms with van der Waals surface area (Å²) < 4.78 is 13.4. The van der Waals surface area contributed by atoms with Crippen LogP contribution in [0.15, 0.2) is 42.5 Å². The minimum Gasteiger partial charge on any atom is -0.384 e. The molecule has 0 saturated carbocycles. The summed E-state index contributed by atoms with van der Waals surface area (Å²) in [6.07, 6.45) is 0.775. The molecule has 0 radical (unpaired) electrons. The van der Waals surface area contributed by atoms with Gasteiger partial charge in [-0.3, -0.25) is 4.79 Å². The Morgan fingerprint density at radius 3 is 2.43 bits per heavy atom. The quantitative estimate of drug-likeness (QED) is 0.778. The molecule has 0 atom stereocenters. The minimum absolute atomic E-state index is 0.0954. The molecule has 122 valence electrons. The summed E-state index contributed by atoms with van der Waals surface area (Å²) in [6.45, 7) is 0.866. The maximum Gasteiger partial charge on any atom is 0.221 e. The third kappa shape index (κ3) is 6.08. The van der Waals surface area contributed by atoms with E-state index in [0.29, 0.717) is 41.5 Å². The molecule has 0 spiro atoms. The molecule has 6 heteroatoms. The summed E-state index contributed by atoms with van der Waals surface area (Å²) in [5, 5.41) is 6.93. The smallest absolute Gasteiger partial charge is 0.221 e. The van der Waals surface area contributed by atoms with E-state index in [-0.39, 0.29) is 11.7 Å². The van der Waals surface area contributed by atoms with Crippen molar-refractivity contribution in [2.75, 3.05) is 18.4 Å². The molecule has 2 rings (SSSR count). The largest absolute Gasteiger partial charge is 0.384 e. The molecule has 0 bridgehead atoms. The zero-order chi connectivity index (χ0) is 16.7. The van der Waals surface area contributed by atoms with E-state index in [1.165, 1.54) is 6.07 Å². The highest BCUT2D eigenvalue weighted by Crippen LogP contribution is 2.22. The first-order valence-electron chi connectivity index (χ1n) is 7.24. The van der Waals surface area contributed by atoms with Crippen molar-refractivity contribution < 1.29 is 9.18 Å². The van der Waals surface area contributed by atoms with Gasteiger partial charge >= 0.3 is 0 Å². The molecule has 2 N–H and O–H groups in total. The molecule has 2 aromatic rings. The van der Waals surface area contributed by atoms with Crippen molar-refractivity contribution >= 4 is 34.8 Å². The summed E-state index contributed by atoms with van der Waals surface area (Å²) in [5.41, 5.74) is 1.36. The van der Waals surface area contributed by atoms with Crippen LogP contribution in [0.4, 0.5) is 10.1 Å². The molecule has 0 fully saturated rings. The van der Waals surface area contributed by atoms with Gasteiger partial charge in [0.05, 0.1) is 0 Å². The highest BCUT2D eigenvalue weighted by Gasteiger charge is 2.04. The van der Waals surface area contributed by atoms with Crippen LogP contribution in [0.2, 0.25) is 10.0 Å². The topological polar surface area (TPSA) is 41.1 Å². The zero-order valence-electron chi connectivity index (χ0n) is 12.4. The van der Waals surface area contributed by atoms with E-state index in [0.717, 1.165) is 5.69 Å². The molecule has 0 saturated heterocycles. The number of carbonyl (C=O) groups is 1. The lowest BCUT2D eigenvalue weighted by Gasteiger charge is -2.09. The lowest BCUT2D eigenvalue weighted by atomic mass is 10.1. The van der Waals surface area contributed by atoms with E-state index in [2.05, 4.69) is 10.6 Å². The molecular weight excluding hydrogens is 338 g/mol. The Balaban J connectivity index is 1.68. The fraction of sp³-hybridized carbons (Fsp3) is 0.235. The zero-order valence-corrected chi connectivity index (χ0v) is 13.9. The van der Waals surface area contributed by atoms with E-state index in [1.807, 2.05) is 0 Å². The number of rotatable bonds is 7. The Kier molecular flexibility index (Phi) is 6.68. The first-order chi connectivity index (χ1) is 11.0. The number of hydrogen-bond acceptors (Lipinski definition) is 2. The van der Waals surface area contributed by atoms with Gasteiger partial charge in [-0.15, -0.1) is 0 Å². The molecule has 3 nitrogen and oxygen atoms in total. The van der Waals surface area contributed by atoms with Crippen molar-refractivity contribution in [2.45, 2.75) is 12.8 Å². The highest BCUT2D eigenvalue weighted by atomic mass is 35.5. The molecule has 0 heterocycles. The predicted molar refractivity (Wildman–Crippen MR) is 92.7 cm³/mol. The van der Waals surface area contributed by atoms with Crippen LogP contribution in [0, 0.1) is 5.82 Å². The van der Waals surface area contributed by atoms with Crippen LogP contribution in [0.1, 0.15) is 12.0 Å². The average molecular weight is 355 g/mol. The summed E-state index contributed by atoms with van der Waals surface area (Å²) in [6, 6.07) is 11.7. The fourth-order valence-corrected chi connectivity index (χ4v) is 2.63. The van der Waals surface area contributed by atoms with E-state index < -0.39 is 0 Å². The predicted octanol–water partition coefficient (Wildman–Crippen LogP) is 4.29. The Morgan fingerprint density at radius 1 is 1.04 bits per heavy atom. The van der Waals surface area contributed by atoms with Crippen LogP contribution in [0.25, 0.3) is 0 Å². The van der Waals surface area contributed by atoms with E-state index in [9.17, 15) is 9.18 Å². The second-order valence-corrected chi connectivity index (χ2v) is 5.90. The lowest BCUT2D eigenvalue weighted by molar-refractivity contribution is -0.120. The van der Waals surface area contributed by atoms with Gasteiger partial charge in [-0.05, 0) is 36.2 Å². The van der Waals surface area contributed by atoms with Crippen LogP contribution >= 0.6 is 23.2 Å². The molecule has 0 aliphatic rings. The average Bonchev–Trinajstić information content (AvgIpc) is 2.48. The molecule has 0 unspecified atom stereocenters. The first kappa shape index (κ1) is 17.6. The molecule has 2 aromatic carbocycles. The van der Waals surface area contributed by atoms with Crippen molar-refractivity contribution in [3.05, 3.63) is 63.9 Å². The van der Waals surface area contributed by atoms with Crippen molar-refractivity contribution in [2.24, 2.45) is 0 Å². The van der Waals surface area contributed by atoms with Crippen molar-refractivity contribution in [1.29, 1.82) is 0 Å². The van der Waals surface area contributed by atoms with E-state index in [4.69, 9.17) is 23.2 Å². The van der Waals surface area contributed by atoms with Crippen molar-refractivity contribution in [3.63, 3.8) is 0 Å². The normalized spacial score (nSPS) is 10.4. The number of carbonyl (C=O) groups excluding carboxylic acids is 1. The number of nitrogens with one attached hydrogen (secondary N) is 2. The maximum atomic E-state index is 13.4. The van der Waals surface area contributed by atoms with Gasteiger partial charge < -0.3 is 10.6 Å². The Labute approximate surface area is 144 Å². The SMILES string of the molecule is O=C(CCNc1cc(Cl)cc(Cl)c1)NCCc1ccccc1F. The Bertz CT molecular complexity index is 659. The number of halogens is 3. The van der Waals surface area contributed by atoms with Crippen LogP contribution < -0.4 is 10.6 Å². The van der Waals surface area contributed by atoms with Crippen LogP contribution in [0.3, 0.4) is 0 Å². The first-order valence-corrected chi connectivity index (χ1v) is 8.00. The van der Waals surface area contributed by atoms with Gasteiger partial charge in [-0.25, -0.2) is 4.39 Å². The van der Waals surface area contributed by atoms with E-state index in [1.54, 1.807) is 36.4 Å². The second-order valence-electron chi connectivity index (χ2n) is 5.03. The lowest BCUT2D eigenvalue weighted by Crippen LogP contribution is -2.27. The maximum absolute atomic E-state index is 13.4. The molecule has 0 aromatic heterocycles. The van der Waals surface area contributed by atoms with Gasteiger partial charge in [-0.2, -0.15) is 0 Å². The van der Waals surface area contributed by atoms with Crippen LogP contribution in [0.5, 0.6) is 0 Å². The summed E-state index contributed by atoms with van der Waals surface area (Å²) in [5.74, 6) is -0.344. The van der Waals surface area contributed by atoms with Crippen molar-refractivity contribution in [1.82, 2.24) is 5.32 Å². The molecule has 0 aliphatic heterocycles. The minimum atomic E-state index is -0.249. The highest BCUT2D eigenvalue weighted by molar-refractivity contribution is 6.35. The van der Waals surface area contributed by atoms with Gasteiger partial charge in [0.25, 0.3) is 0 Å². The molecular formula is C17H17Cl2FN2O. The standard InChI is InChI=1S/C17H17Cl2FN2O/c18-13-9-14(19)11-15(10-13)21-8-6-17(23)22-7-5-12-3-1-2-4-16(12)20/h1-4,9-11,21H,5-8H2,(H,22,23). The van der Waals surface area contributed by atoms with Crippen LogP contribution in [-0.4, -0.2) is 19.0 Å². The third-order valence-corrected chi connectivity index (χ3v) is 3.65. The van der Waals surface area contributed by atoms with Gasteiger partial charge in [-0.1, -0.05) is 41.4 Å². The summed E-state index contributed by atoms with van der Waals surface area (Å²) in [7, 11) is 0. The van der Waals surface area contributed by atoms with Crippen molar-refractivity contribution in [3.8, 4) is 0 Å². The molecule has 1 amide bonds. The van der Waals surface area contributed by atoms with Gasteiger partial charge in [0.15, 0.2) is 0 Å². The number of benzene rings is 2. The molecule has 0 aliphatic carbocycles. The summed E-state index contributed by atoms with van der Waals surface area (Å²) >= 11 is 11.8. The van der Waals surface area contributed by atoms with E-state index >= 15 is 0 Å². The van der Waals surface area contributed by atoms with Gasteiger partial charge in [0, 0.05) is 35.2 Å². The monoisotopic (exact) mass is 354 g/mol. The fourth-order valence-electron chi connectivity index (χ4n) is 2.10. The van der Waals surface area contributed by atoms with Crippen LogP contribution in [-0.2, 0) is 11.2 Å². The number of hydrogen-bond donors (Lipinski definition) is 2. The molecule has 23 heavy (non-hydrogen) atoms. The van der Waals surface area contributed by atoms with Gasteiger partial charge in [0.1, 0.15) is 5.82 Å². The van der Waals surface area contributed by atoms with Gasteiger partial charge in [0.2, 0.25) is 5.91 Å². The summed E-state index contributed by atoms with van der Waals surface area (Å²) in [4.78, 5) is 11.7. The second kappa shape index (κ2) is 8.75. The Morgan fingerprint density at radius 2 is 1.74 bits per heavy atom.